The third kappa shape index (κ3) is 2.66. The summed E-state index contributed by atoms with van der Waals surface area (Å²) in [4.78, 5) is 11.0. The van der Waals surface area contributed by atoms with E-state index in [9.17, 15) is 22.0 Å². The van der Waals surface area contributed by atoms with Gasteiger partial charge in [-0.3, -0.25) is 4.79 Å². The van der Waals surface area contributed by atoms with Gasteiger partial charge in [0.2, 0.25) is 15.9 Å². The Kier molecular flexibility index (Phi) is 4.05. The maximum Gasteiger partial charge on any atom is 0.243 e. The number of primary amides is 1. The SMILES string of the molecule is NC(=O)[C@H]1CCCCN1S(=O)(=O)c1ccc(F)c(F)c1. The zero-order chi connectivity index (χ0) is 14.9. The first-order valence-corrected chi connectivity index (χ1v) is 7.54. The van der Waals surface area contributed by atoms with E-state index in [-0.39, 0.29) is 11.4 Å². The Hall–Kier alpha value is -1.54. The number of carbonyl (C=O) groups is 1. The van der Waals surface area contributed by atoms with Crippen LogP contribution in [0.4, 0.5) is 8.78 Å². The number of nitrogens with zero attached hydrogens (tertiary/aromatic N) is 1. The van der Waals surface area contributed by atoms with Crippen LogP contribution < -0.4 is 5.73 Å². The molecule has 0 spiro atoms. The van der Waals surface area contributed by atoms with E-state index in [1.807, 2.05) is 0 Å². The van der Waals surface area contributed by atoms with Crippen LogP contribution in [0.2, 0.25) is 0 Å². The van der Waals surface area contributed by atoms with Gasteiger partial charge >= 0.3 is 0 Å². The number of benzene rings is 1. The summed E-state index contributed by atoms with van der Waals surface area (Å²) < 4.78 is 51.8. The van der Waals surface area contributed by atoms with Gasteiger partial charge in [-0.25, -0.2) is 17.2 Å². The van der Waals surface area contributed by atoms with Crippen molar-refractivity contribution in [2.75, 3.05) is 6.54 Å². The minimum atomic E-state index is -4.07. The highest BCUT2D eigenvalue weighted by Gasteiger charge is 2.36. The fourth-order valence-electron chi connectivity index (χ4n) is 2.25. The Bertz CT molecular complexity index is 634. The molecule has 0 saturated carbocycles. The molecule has 110 valence electrons. The Balaban J connectivity index is 2.42. The van der Waals surface area contributed by atoms with Gasteiger partial charge < -0.3 is 5.73 Å². The maximum absolute atomic E-state index is 13.2. The van der Waals surface area contributed by atoms with E-state index < -0.39 is 33.6 Å². The molecule has 1 atom stereocenters. The van der Waals surface area contributed by atoms with Crippen molar-refractivity contribution >= 4 is 15.9 Å². The van der Waals surface area contributed by atoms with E-state index in [2.05, 4.69) is 0 Å². The zero-order valence-electron chi connectivity index (χ0n) is 10.6. The van der Waals surface area contributed by atoms with Crippen LogP contribution in [0.15, 0.2) is 23.1 Å². The fraction of sp³-hybridized carbons (Fsp3) is 0.417. The van der Waals surface area contributed by atoms with Gasteiger partial charge in [0.25, 0.3) is 0 Å². The molecule has 20 heavy (non-hydrogen) atoms. The molecule has 0 aromatic heterocycles. The Morgan fingerprint density at radius 1 is 1.25 bits per heavy atom. The van der Waals surface area contributed by atoms with Crippen LogP contribution in [-0.2, 0) is 14.8 Å². The average molecular weight is 304 g/mol. The molecule has 2 rings (SSSR count). The Morgan fingerprint density at radius 2 is 1.95 bits per heavy atom. The molecule has 1 fully saturated rings. The molecule has 1 aromatic rings. The van der Waals surface area contributed by atoms with E-state index in [4.69, 9.17) is 5.73 Å². The number of rotatable bonds is 3. The van der Waals surface area contributed by atoms with E-state index in [0.717, 1.165) is 16.4 Å². The topological polar surface area (TPSA) is 80.5 Å². The highest BCUT2D eigenvalue weighted by Crippen LogP contribution is 2.26. The van der Waals surface area contributed by atoms with Crippen LogP contribution in [0.1, 0.15) is 19.3 Å². The lowest BCUT2D eigenvalue weighted by Crippen LogP contribution is -2.50. The molecular formula is C12H14F2N2O3S. The predicted octanol–water partition coefficient (Wildman–Crippen LogP) is 0.993. The van der Waals surface area contributed by atoms with Crippen molar-refractivity contribution in [1.29, 1.82) is 0 Å². The lowest BCUT2D eigenvalue weighted by molar-refractivity contribution is -0.122. The predicted molar refractivity (Wildman–Crippen MR) is 67.1 cm³/mol. The molecule has 2 N–H and O–H groups in total. The summed E-state index contributed by atoms with van der Waals surface area (Å²) in [7, 11) is -4.07. The van der Waals surface area contributed by atoms with Crippen LogP contribution in [0.3, 0.4) is 0 Å². The van der Waals surface area contributed by atoms with Gasteiger partial charge in [0, 0.05) is 6.54 Å². The van der Waals surface area contributed by atoms with E-state index >= 15 is 0 Å². The molecule has 0 unspecified atom stereocenters. The third-order valence-corrected chi connectivity index (χ3v) is 5.18. The highest BCUT2D eigenvalue weighted by molar-refractivity contribution is 7.89. The van der Waals surface area contributed by atoms with Crippen LogP contribution in [0.25, 0.3) is 0 Å². The van der Waals surface area contributed by atoms with Crippen molar-refractivity contribution < 1.29 is 22.0 Å². The molecule has 1 aliphatic heterocycles. The minimum Gasteiger partial charge on any atom is -0.368 e. The van der Waals surface area contributed by atoms with Gasteiger partial charge in [-0.05, 0) is 31.0 Å². The normalized spacial score (nSPS) is 20.8. The van der Waals surface area contributed by atoms with Crippen LogP contribution >= 0.6 is 0 Å². The molecule has 1 saturated heterocycles. The summed E-state index contributed by atoms with van der Waals surface area (Å²) in [6, 6.07) is 1.38. The van der Waals surface area contributed by atoms with Gasteiger partial charge in [0.1, 0.15) is 6.04 Å². The summed E-state index contributed by atoms with van der Waals surface area (Å²) in [6.07, 6.45) is 1.61. The van der Waals surface area contributed by atoms with Gasteiger partial charge in [-0.15, -0.1) is 0 Å². The Labute approximate surface area is 115 Å². The second-order valence-electron chi connectivity index (χ2n) is 4.61. The number of halogens is 2. The standard InChI is InChI=1S/C12H14F2N2O3S/c13-9-5-4-8(7-10(9)14)20(18,19)16-6-2-1-3-11(16)12(15)17/h4-5,7,11H,1-3,6H2,(H2,15,17)/t11-/m1/s1. The second-order valence-corrected chi connectivity index (χ2v) is 6.50. The fourth-order valence-corrected chi connectivity index (χ4v) is 3.93. The lowest BCUT2D eigenvalue weighted by Gasteiger charge is -2.32. The van der Waals surface area contributed by atoms with Gasteiger partial charge in [0.15, 0.2) is 11.6 Å². The van der Waals surface area contributed by atoms with Crippen LogP contribution in [0, 0.1) is 11.6 Å². The number of carbonyl (C=O) groups excluding carboxylic acids is 1. The second kappa shape index (κ2) is 5.45. The monoisotopic (exact) mass is 304 g/mol. The van der Waals surface area contributed by atoms with Crippen molar-refractivity contribution in [3.05, 3.63) is 29.8 Å². The molecule has 1 heterocycles. The molecule has 8 heteroatoms. The summed E-state index contributed by atoms with van der Waals surface area (Å²) in [5, 5.41) is 0. The summed E-state index contributed by atoms with van der Waals surface area (Å²) in [5.74, 6) is -3.12. The maximum atomic E-state index is 13.2. The molecule has 1 aliphatic rings. The van der Waals surface area contributed by atoms with Crippen molar-refractivity contribution in [3.8, 4) is 0 Å². The zero-order valence-corrected chi connectivity index (χ0v) is 11.4. The molecule has 1 amide bonds. The summed E-state index contributed by atoms with van der Waals surface area (Å²) >= 11 is 0. The number of hydrogen-bond donors (Lipinski definition) is 1. The molecule has 0 radical (unpaired) electrons. The van der Waals surface area contributed by atoms with Crippen LogP contribution in [0.5, 0.6) is 0 Å². The summed E-state index contributed by atoms with van der Waals surface area (Å²) in [5.41, 5.74) is 5.21. The molecule has 5 nitrogen and oxygen atoms in total. The molecule has 1 aromatic carbocycles. The average Bonchev–Trinajstić information content (AvgIpc) is 2.41. The van der Waals surface area contributed by atoms with E-state index in [1.54, 1.807) is 0 Å². The molecule has 0 aliphatic carbocycles. The van der Waals surface area contributed by atoms with Crippen molar-refractivity contribution in [2.45, 2.75) is 30.2 Å². The van der Waals surface area contributed by atoms with Gasteiger partial charge in [-0.1, -0.05) is 6.42 Å². The molecule has 0 bridgehead atoms. The first-order valence-electron chi connectivity index (χ1n) is 6.10. The highest BCUT2D eigenvalue weighted by atomic mass is 32.2. The summed E-state index contributed by atoms with van der Waals surface area (Å²) in [6.45, 7) is 0.134. The lowest BCUT2D eigenvalue weighted by atomic mass is 10.0. The van der Waals surface area contributed by atoms with Gasteiger partial charge in [-0.2, -0.15) is 4.31 Å². The van der Waals surface area contributed by atoms with Crippen molar-refractivity contribution in [3.63, 3.8) is 0 Å². The molecular weight excluding hydrogens is 290 g/mol. The number of hydrogen-bond acceptors (Lipinski definition) is 3. The quantitative estimate of drug-likeness (QED) is 0.904. The number of piperidine rings is 1. The first kappa shape index (κ1) is 14.9. The number of nitrogens with two attached hydrogens (primary N) is 1. The van der Waals surface area contributed by atoms with Crippen molar-refractivity contribution in [2.24, 2.45) is 5.73 Å². The van der Waals surface area contributed by atoms with Crippen LogP contribution in [-0.4, -0.2) is 31.2 Å². The Morgan fingerprint density at radius 3 is 2.55 bits per heavy atom. The number of sulfonamides is 1. The van der Waals surface area contributed by atoms with E-state index in [0.29, 0.717) is 25.3 Å². The van der Waals surface area contributed by atoms with E-state index in [1.165, 1.54) is 0 Å². The third-order valence-electron chi connectivity index (χ3n) is 3.28. The largest absolute Gasteiger partial charge is 0.368 e. The minimum absolute atomic E-state index is 0.134. The number of amides is 1. The van der Waals surface area contributed by atoms with Gasteiger partial charge in [0.05, 0.1) is 4.90 Å². The first-order chi connectivity index (χ1) is 9.34. The van der Waals surface area contributed by atoms with Crippen molar-refractivity contribution in [1.82, 2.24) is 4.31 Å². The smallest absolute Gasteiger partial charge is 0.243 e.